The van der Waals surface area contributed by atoms with Crippen LogP contribution < -0.4 is 10.6 Å². The monoisotopic (exact) mass is 211 g/mol. The lowest BCUT2D eigenvalue weighted by Gasteiger charge is -2.00. The normalized spacial score (nSPS) is 10.3. The van der Waals surface area contributed by atoms with E-state index in [1.54, 1.807) is 7.05 Å². The molecule has 0 aliphatic heterocycles. The van der Waals surface area contributed by atoms with E-state index in [-0.39, 0.29) is 5.91 Å². The number of carbonyl (C=O) groups excluding carboxylic acids is 1. The maximum atomic E-state index is 10.9. The Hall–Kier alpha value is -1.36. The molecule has 0 unspecified atom stereocenters. The van der Waals surface area contributed by atoms with Gasteiger partial charge in [-0.2, -0.15) is 0 Å². The summed E-state index contributed by atoms with van der Waals surface area (Å²) in [4.78, 5) is 15.1. The second kappa shape index (κ2) is 5.50. The number of aromatic nitrogens is 1. The molecule has 0 aliphatic rings. The highest BCUT2D eigenvalue weighted by molar-refractivity contribution is 5.75. The standard InChI is InChI=1S/C10H17N3O2/c1-7-8(2)15-10(13-7)6-12-5-4-9(14)11-3/h12H,4-6H2,1-3H3,(H,11,14). The van der Waals surface area contributed by atoms with Gasteiger partial charge in [0.15, 0.2) is 0 Å². The van der Waals surface area contributed by atoms with E-state index in [1.807, 2.05) is 13.8 Å². The predicted octanol–water partition coefficient (Wildman–Crippen LogP) is 0.517. The van der Waals surface area contributed by atoms with Crippen molar-refractivity contribution in [3.8, 4) is 0 Å². The first-order chi connectivity index (χ1) is 7.13. The Morgan fingerprint density at radius 3 is 2.73 bits per heavy atom. The molecule has 0 atom stereocenters. The van der Waals surface area contributed by atoms with Crippen LogP contribution in [0.3, 0.4) is 0 Å². The first kappa shape index (κ1) is 11.7. The quantitative estimate of drug-likeness (QED) is 0.697. The molecule has 1 aromatic rings. The second-order valence-electron chi connectivity index (χ2n) is 3.35. The molecule has 0 saturated heterocycles. The molecule has 15 heavy (non-hydrogen) atoms. The van der Waals surface area contributed by atoms with E-state index in [0.717, 1.165) is 11.5 Å². The summed E-state index contributed by atoms with van der Waals surface area (Å²) in [6.07, 6.45) is 0.467. The number of aryl methyl sites for hydroxylation is 2. The molecule has 1 amide bonds. The van der Waals surface area contributed by atoms with Crippen molar-refractivity contribution in [2.24, 2.45) is 0 Å². The van der Waals surface area contributed by atoms with Crippen LogP contribution in [0.5, 0.6) is 0 Å². The largest absolute Gasteiger partial charge is 0.444 e. The number of nitrogens with one attached hydrogen (secondary N) is 2. The Morgan fingerprint density at radius 2 is 2.20 bits per heavy atom. The van der Waals surface area contributed by atoms with Gasteiger partial charge in [-0.3, -0.25) is 4.79 Å². The minimum absolute atomic E-state index is 0.0299. The Balaban J connectivity index is 2.23. The summed E-state index contributed by atoms with van der Waals surface area (Å²) in [5.41, 5.74) is 0.915. The lowest BCUT2D eigenvalue weighted by Crippen LogP contribution is -2.24. The summed E-state index contributed by atoms with van der Waals surface area (Å²) in [5.74, 6) is 1.54. The van der Waals surface area contributed by atoms with Crippen LogP contribution in [0.1, 0.15) is 23.8 Å². The molecule has 0 aliphatic carbocycles. The molecule has 0 fully saturated rings. The molecule has 1 aromatic heterocycles. The van der Waals surface area contributed by atoms with E-state index in [9.17, 15) is 4.79 Å². The number of oxazole rings is 1. The maximum Gasteiger partial charge on any atom is 0.221 e. The Bertz CT molecular complexity index is 314. The summed E-state index contributed by atoms with van der Waals surface area (Å²) in [6.45, 7) is 4.98. The summed E-state index contributed by atoms with van der Waals surface area (Å²) >= 11 is 0. The zero-order valence-corrected chi connectivity index (χ0v) is 9.39. The zero-order chi connectivity index (χ0) is 11.3. The van der Waals surface area contributed by atoms with Gasteiger partial charge < -0.3 is 15.1 Å². The third-order valence-electron chi connectivity index (χ3n) is 2.16. The third-order valence-corrected chi connectivity index (χ3v) is 2.16. The maximum absolute atomic E-state index is 10.9. The molecule has 1 heterocycles. The molecule has 2 N–H and O–H groups in total. The topological polar surface area (TPSA) is 67.2 Å². The minimum Gasteiger partial charge on any atom is -0.444 e. The second-order valence-corrected chi connectivity index (χ2v) is 3.35. The van der Waals surface area contributed by atoms with Gasteiger partial charge in [0.25, 0.3) is 0 Å². The van der Waals surface area contributed by atoms with Gasteiger partial charge in [0.1, 0.15) is 5.76 Å². The number of rotatable bonds is 5. The molecule has 0 bridgehead atoms. The number of hydrogen-bond donors (Lipinski definition) is 2. The fourth-order valence-corrected chi connectivity index (χ4v) is 1.14. The van der Waals surface area contributed by atoms with E-state index in [2.05, 4.69) is 15.6 Å². The van der Waals surface area contributed by atoms with Crippen LogP contribution in [0.15, 0.2) is 4.42 Å². The van der Waals surface area contributed by atoms with Gasteiger partial charge in [-0.15, -0.1) is 0 Å². The van der Waals surface area contributed by atoms with Gasteiger partial charge in [-0.25, -0.2) is 4.98 Å². The zero-order valence-electron chi connectivity index (χ0n) is 9.39. The summed E-state index contributed by atoms with van der Waals surface area (Å²) in [7, 11) is 1.63. The van der Waals surface area contributed by atoms with Gasteiger partial charge >= 0.3 is 0 Å². The molecule has 0 aromatic carbocycles. The molecule has 0 radical (unpaired) electrons. The molecule has 0 saturated carbocycles. The van der Waals surface area contributed by atoms with Crippen molar-refractivity contribution in [2.75, 3.05) is 13.6 Å². The Kier molecular flexibility index (Phi) is 4.30. The summed E-state index contributed by atoms with van der Waals surface area (Å²) in [5, 5.41) is 5.65. The van der Waals surface area contributed by atoms with Crippen LogP contribution >= 0.6 is 0 Å². The van der Waals surface area contributed by atoms with Crippen molar-refractivity contribution >= 4 is 5.91 Å². The van der Waals surface area contributed by atoms with Gasteiger partial charge in [-0.1, -0.05) is 0 Å². The third kappa shape index (κ3) is 3.71. The lowest BCUT2D eigenvalue weighted by atomic mass is 10.4. The minimum atomic E-state index is 0.0299. The van der Waals surface area contributed by atoms with Crippen LogP contribution in [0, 0.1) is 13.8 Å². The Morgan fingerprint density at radius 1 is 1.47 bits per heavy atom. The van der Waals surface area contributed by atoms with Crippen LogP contribution in [0.2, 0.25) is 0 Å². The van der Waals surface area contributed by atoms with Crippen molar-refractivity contribution in [1.82, 2.24) is 15.6 Å². The van der Waals surface area contributed by atoms with Crippen molar-refractivity contribution in [1.29, 1.82) is 0 Å². The van der Waals surface area contributed by atoms with Crippen molar-refractivity contribution in [3.05, 3.63) is 17.3 Å². The first-order valence-electron chi connectivity index (χ1n) is 4.97. The van der Waals surface area contributed by atoms with Crippen molar-refractivity contribution in [3.63, 3.8) is 0 Å². The van der Waals surface area contributed by atoms with Crippen molar-refractivity contribution in [2.45, 2.75) is 26.8 Å². The van der Waals surface area contributed by atoms with E-state index in [0.29, 0.717) is 25.4 Å². The molecular weight excluding hydrogens is 194 g/mol. The van der Waals surface area contributed by atoms with Crippen LogP contribution in [0.4, 0.5) is 0 Å². The number of amides is 1. The SMILES string of the molecule is CNC(=O)CCNCc1nc(C)c(C)o1. The number of nitrogens with zero attached hydrogens (tertiary/aromatic N) is 1. The average molecular weight is 211 g/mol. The molecule has 5 heteroatoms. The van der Waals surface area contributed by atoms with Gasteiger partial charge in [0.05, 0.1) is 12.2 Å². The Labute approximate surface area is 89.3 Å². The number of carbonyl (C=O) groups is 1. The van der Waals surface area contributed by atoms with Crippen molar-refractivity contribution < 1.29 is 9.21 Å². The lowest BCUT2D eigenvalue weighted by molar-refractivity contribution is -0.120. The highest BCUT2D eigenvalue weighted by atomic mass is 16.4. The molecular formula is C10H17N3O2. The van der Waals surface area contributed by atoms with Gasteiger partial charge in [0.2, 0.25) is 11.8 Å². The highest BCUT2D eigenvalue weighted by Gasteiger charge is 2.04. The van der Waals surface area contributed by atoms with Gasteiger partial charge in [-0.05, 0) is 13.8 Å². The van der Waals surface area contributed by atoms with Crippen LogP contribution in [-0.2, 0) is 11.3 Å². The molecule has 1 rings (SSSR count). The molecule has 5 nitrogen and oxygen atoms in total. The fourth-order valence-electron chi connectivity index (χ4n) is 1.14. The van der Waals surface area contributed by atoms with Gasteiger partial charge in [0, 0.05) is 20.0 Å². The summed E-state index contributed by atoms with van der Waals surface area (Å²) < 4.78 is 5.37. The number of hydrogen-bond acceptors (Lipinski definition) is 4. The van der Waals surface area contributed by atoms with Crippen LogP contribution in [0.25, 0.3) is 0 Å². The van der Waals surface area contributed by atoms with E-state index in [4.69, 9.17) is 4.42 Å². The predicted molar refractivity (Wildman–Crippen MR) is 56.4 cm³/mol. The average Bonchev–Trinajstić information content (AvgIpc) is 2.53. The fraction of sp³-hybridized carbons (Fsp3) is 0.600. The smallest absolute Gasteiger partial charge is 0.221 e. The summed E-state index contributed by atoms with van der Waals surface area (Å²) in [6, 6.07) is 0. The highest BCUT2D eigenvalue weighted by Crippen LogP contribution is 2.07. The van der Waals surface area contributed by atoms with E-state index in [1.165, 1.54) is 0 Å². The van der Waals surface area contributed by atoms with E-state index >= 15 is 0 Å². The first-order valence-corrected chi connectivity index (χ1v) is 4.97. The molecule has 0 spiro atoms. The van der Waals surface area contributed by atoms with Crippen LogP contribution in [-0.4, -0.2) is 24.5 Å². The van der Waals surface area contributed by atoms with E-state index < -0.39 is 0 Å². The molecule has 84 valence electrons.